The summed E-state index contributed by atoms with van der Waals surface area (Å²) in [5, 5.41) is 28.9. The second-order valence-corrected chi connectivity index (χ2v) is 5.91. The van der Waals surface area contributed by atoms with Gasteiger partial charge >= 0.3 is 0 Å². The van der Waals surface area contributed by atoms with Crippen molar-refractivity contribution in [1.29, 1.82) is 0 Å². The Balaban J connectivity index is 0.00000225. The molecule has 0 aromatic heterocycles. The number of hydrogen-bond acceptors (Lipinski definition) is 5. The van der Waals surface area contributed by atoms with Crippen LogP contribution >= 0.6 is 0 Å². The molecule has 3 N–H and O–H groups in total. The first-order chi connectivity index (χ1) is 13.3. The Morgan fingerprint density at radius 3 is 1.71 bits per heavy atom. The first-order valence-corrected chi connectivity index (χ1v) is 8.49. The molecule has 0 heterocycles. The van der Waals surface area contributed by atoms with Crippen molar-refractivity contribution in [2.75, 3.05) is 0 Å². The Morgan fingerprint density at radius 2 is 1.04 bits per heavy atom. The van der Waals surface area contributed by atoms with E-state index in [1.807, 2.05) is 84.9 Å². The normalized spacial score (nSPS) is 11.1. The molecule has 0 bridgehead atoms. The monoisotopic (exact) mass is 370 g/mol. The SMILES string of the molecule is O.Oc1ccc2ccccc2c1N=Nc1ccc(N=Nc2ccccc2)cc1. The van der Waals surface area contributed by atoms with Gasteiger partial charge in [0.15, 0.2) is 0 Å². The van der Waals surface area contributed by atoms with E-state index < -0.39 is 0 Å². The van der Waals surface area contributed by atoms with Crippen molar-refractivity contribution in [2.24, 2.45) is 20.5 Å². The zero-order chi connectivity index (χ0) is 18.5. The average Bonchev–Trinajstić information content (AvgIpc) is 2.73. The highest BCUT2D eigenvalue weighted by Crippen LogP contribution is 2.36. The number of phenolic OH excluding ortho intramolecular Hbond substituents is 1. The van der Waals surface area contributed by atoms with Crippen LogP contribution in [0, 0.1) is 0 Å². The summed E-state index contributed by atoms with van der Waals surface area (Å²) in [6.45, 7) is 0. The zero-order valence-corrected chi connectivity index (χ0v) is 14.9. The molecule has 6 heteroatoms. The van der Waals surface area contributed by atoms with E-state index in [9.17, 15) is 5.11 Å². The van der Waals surface area contributed by atoms with Crippen LogP contribution in [0.1, 0.15) is 0 Å². The van der Waals surface area contributed by atoms with Gasteiger partial charge in [0, 0.05) is 5.39 Å². The summed E-state index contributed by atoms with van der Waals surface area (Å²) in [6, 6.07) is 28.1. The van der Waals surface area contributed by atoms with Crippen LogP contribution in [-0.4, -0.2) is 10.6 Å². The molecule has 28 heavy (non-hydrogen) atoms. The summed E-state index contributed by atoms with van der Waals surface area (Å²) < 4.78 is 0. The molecular formula is C22H18N4O2. The van der Waals surface area contributed by atoms with Gasteiger partial charge < -0.3 is 10.6 Å². The highest BCUT2D eigenvalue weighted by molar-refractivity contribution is 5.95. The van der Waals surface area contributed by atoms with Crippen molar-refractivity contribution in [3.8, 4) is 5.75 Å². The number of azo groups is 2. The molecule has 6 nitrogen and oxygen atoms in total. The lowest BCUT2D eigenvalue weighted by molar-refractivity contribution is 0.477. The Labute approximate surface area is 161 Å². The van der Waals surface area contributed by atoms with Gasteiger partial charge in [0.1, 0.15) is 11.4 Å². The third kappa shape index (κ3) is 4.25. The van der Waals surface area contributed by atoms with Crippen molar-refractivity contribution in [3.63, 3.8) is 0 Å². The topological polar surface area (TPSA) is 101 Å². The van der Waals surface area contributed by atoms with Crippen LogP contribution < -0.4 is 0 Å². The van der Waals surface area contributed by atoms with Crippen molar-refractivity contribution >= 4 is 33.5 Å². The Morgan fingerprint density at radius 1 is 0.500 bits per heavy atom. The standard InChI is InChI=1S/C22H16N4O.H2O/c27-21-15-10-16-6-4-5-9-20(16)22(21)26-25-19-13-11-18(12-14-19)24-23-17-7-2-1-3-8-17;/h1-15,27H;1H2. The number of fused-ring (bicyclic) bond motifs is 1. The number of hydrogen-bond donors (Lipinski definition) is 1. The molecule has 0 spiro atoms. The molecule has 0 fully saturated rings. The Hall–Kier alpha value is -3.90. The van der Waals surface area contributed by atoms with E-state index in [0.717, 1.165) is 22.1 Å². The molecule has 138 valence electrons. The maximum Gasteiger partial charge on any atom is 0.143 e. The van der Waals surface area contributed by atoms with Gasteiger partial charge in [-0.1, -0.05) is 48.5 Å². The van der Waals surface area contributed by atoms with Crippen LogP contribution in [0.5, 0.6) is 5.75 Å². The van der Waals surface area contributed by atoms with Gasteiger partial charge in [-0.2, -0.15) is 15.3 Å². The lowest BCUT2D eigenvalue weighted by Gasteiger charge is -2.03. The molecule has 0 aliphatic rings. The zero-order valence-electron chi connectivity index (χ0n) is 14.9. The fraction of sp³-hybridized carbons (Fsp3) is 0. The highest BCUT2D eigenvalue weighted by atomic mass is 16.3. The lowest BCUT2D eigenvalue weighted by Crippen LogP contribution is -1.74. The van der Waals surface area contributed by atoms with Crippen LogP contribution in [0.4, 0.5) is 22.7 Å². The molecule has 4 aromatic carbocycles. The van der Waals surface area contributed by atoms with E-state index in [4.69, 9.17) is 0 Å². The molecule has 0 aliphatic carbocycles. The third-order valence-corrected chi connectivity index (χ3v) is 4.03. The molecule has 0 unspecified atom stereocenters. The summed E-state index contributed by atoms with van der Waals surface area (Å²) in [7, 11) is 0. The maximum absolute atomic E-state index is 10.1. The van der Waals surface area contributed by atoms with Gasteiger partial charge in [-0.3, -0.25) is 0 Å². The van der Waals surface area contributed by atoms with Crippen LogP contribution in [0.25, 0.3) is 10.8 Å². The molecule has 0 aliphatic heterocycles. The largest absolute Gasteiger partial charge is 0.506 e. The van der Waals surface area contributed by atoms with Gasteiger partial charge in [0.25, 0.3) is 0 Å². The molecule has 4 aromatic rings. The van der Waals surface area contributed by atoms with E-state index in [0.29, 0.717) is 11.4 Å². The van der Waals surface area contributed by atoms with E-state index >= 15 is 0 Å². The van der Waals surface area contributed by atoms with Crippen molar-refractivity contribution in [1.82, 2.24) is 0 Å². The van der Waals surface area contributed by atoms with Gasteiger partial charge in [0.2, 0.25) is 0 Å². The van der Waals surface area contributed by atoms with Crippen molar-refractivity contribution < 1.29 is 10.6 Å². The number of rotatable bonds is 4. The average molecular weight is 370 g/mol. The van der Waals surface area contributed by atoms with E-state index in [2.05, 4.69) is 20.5 Å². The van der Waals surface area contributed by atoms with E-state index in [1.54, 1.807) is 6.07 Å². The van der Waals surface area contributed by atoms with Crippen LogP contribution in [0.15, 0.2) is 111 Å². The van der Waals surface area contributed by atoms with Crippen LogP contribution in [-0.2, 0) is 0 Å². The predicted molar refractivity (Wildman–Crippen MR) is 110 cm³/mol. The summed E-state index contributed by atoms with van der Waals surface area (Å²) >= 11 is 0. The first kappa shape index (κ1) is 18.9. The van der Waals surface area contributed by atoms with Crippen LogP contribution in [0.3, 0.4) is 0 Å². The van der Waals surface area contributed by atoms with Crippen molar-refractivity contribution in [2.45, 2.75) is 0 Å². The number of nitrogens with zero attached hydrogens (tertiary/aromatic N) is 4. The molecule has 0 radical (unpaired) electrons. The lowest BCUT2D eigenvalue weighted by atomic mass is 10.1. The predicted octanol–water partition coefficient (Wildman–Crippen LogP) is 6.55. The van der Waals surface area contributed by atoms with E-state index in [-0.39, 0.29) is 11.2 Å². The van der Waals surface area contributed by atoms with Crippen LogP contribution in [0.2, 0.25) is 0 Å². The summed E-state index contributed by atoms with van der Waals surface area (Å²) in [5.41, 5.74) is 2.65. The number of aromatic hydroxyl groups is 1. The Bertz CT molecular complexity index is 1120. The molecule has 0 atom stereocenters. The second-order valence-electron chi connectivity index (χ2n) is 5.91. The maximum atomic E-state index is 10.1. The van der Waals surface area contributed by atoms with Crippen molar-refractivity contribution in [3.05, 3.63) is 91.0 Å². The number of benzene rings is 4. The summed E-state index contributed by atoms with van der Waals surface area (Å²) in [4.78, 5) is 0. The first-order valence-electron chi connectivity index (χ1n) is 8.49. The Kier molecular flexibility index (Phi) is 5.84. The minimum atomic E-state index is 0. The highest BCUT2D eigenvalue weighted by Gasteiger charge is 2.05. The second kappa shape index (κ2) is 8.66. The smallest absolute Gasteiger partial charge is 0.143 e. The molecule has 0 saturated carbocycles. The third-order valence-electron chi connectivity index (χ3n) is 4.03. The number of phenols is 1. The minimum absolute atomic E-state index is 0. The fourth-order valence-corrected chi connectivity index (χ4v) is 2.65. The summed E-state index contributed by atoms with van der Waals surface area (Å²) in [5.74, 6) is 0.103. The van der Waals surface area contributed by atoms with E-state index in [1.165, 1.54) is 0 Å². The molecule has 0 saturated heterocycles. The van der Waals surface area contributed by atoms with Gasteiger partial charge in [-0.15, -0.1) is 5.11 Å². The van der Waals surface area contributed by atoms with Gasteiger partial charge in [0.05, 0.1) is 17.1 Å². The molecule has 0 amide bonds. The molecular weight excluding hydrogens is 352 g/mol. The fourth-order valence-electron chi connectivity index (χ4n) is 2.65. The quantitative estimate of drug-likeness (QED) is 0.404. The van der Waals surface area contributed by atoms with Gasteiger partial charge in [-0.05, 0) is 47.9 Å². The van der Waals surface area contributed by atoms with Gasteiger partial charge in [-0.25, -0.2) is 0 Å². The minimum Gasteiger partial charge on any atom is -0.506 e. The summed E-state index contributed by atoms with van der Waals surface area (Å²) in [6.07, 6.45) is 0. The molecule has 4 rings (SSSR count).